The number of benzene rings is 2. The van der Waals surface area contributed by atoms with Crippen LogP contribution in [0.25, 0.3) is 10.9 Å². The molecule has 0 fully saturated rings. The topological polar surface area (TPSA) is 94.6 Å². The van der Waals surface area contributed by atoms with Crippen molar-refractivity contribution in [1.29, 1.82) is 0 Å². The highest BCUT2D eigenvalue weighted by Gasteiger charge is 2.25. The molecule has 7 heteroatoms. The smallest absolute Gasteiger partial charge is 0.248 e. The van der Waals surface area contributed by atoms with Crippen LogP contribution in [-0.2, 0) is 10.4 Å². The Morgan fingerprint density at radius 3 is 2.61 bits per heavy atom. The molecule has 0 radical (unpaired) electrons. The average Bonchev–Trinajstić information content (AvgIpc) is 2.81. The standard InChI is InChI=1S/C26H33FN2O4/c1-26(27,19-9-5-4-6-10-19)18-33-16-8-3-2-7-15-28-17-23(31)20-11-13-22(30)25-21(20)12-14-24(32)29-25/h4-6,9-14,23,28,30-31H,2-3,7-8,15-18H2,1H3,(H,29,32)/t23-,26?/m0/s1. The van der Waals surface area contributed by atoms with Gasteiger partial charge in [0, 0.05) is 24.6 Å². The van der Waals surface area contributed by atoms with Gasteiger partial charge in [-0.25, -0.2) is 4.39 Å². The lowest BCUT2D eigenvalue weighted by Crippen LogP contribution is -2.23. The van der Waals surface area contributed by atoms with Gasteiger partial charge in [-0.3, -0.25) is 4.79 Å². The molecule has 2 aromatic carbocycles. The summed E-state index contributed by atoms with van der Waals surface area (Å²) in [6.07, 6.45) is 3.09. The van der Waals surface area contributed by atoms with Crippen molar-refractivity contribution in [3.05, 3.63) is 76.1 Å². The molecule has 6 nitrogen and oxygen atoms in total. The van der Waals surface area contributed by atoms with E-state index in [0.29, 0.717) is 35.2 Å². The molecule has 4 N–H and O–H groups in total. The van der Waals surface area contributed by atoms with E-state index in [1.165, 1.54) is 12.1 Å². The summed E-state index contributed by atoms with van der Waals surface area (Å²) in [7, 11) is 0. The van der Waals surface area contributed by atoms with Gasteiger partial charge in [-0.2, -0.15) is 0 Å². The van der Waals surface area contributed by atoms with Crippen molar-refractivity contribution >= 4 is 10.9 Å². The Labute approximate surface area is 193 Å². The van der Waals surface area contributed by atoms with Crippen LogP contribution in [0.15, 0.2) is 59.4 Å². The normalized spacial score (nSPS) is 14.3. The molecule has 0 saturated carbocycles. The van der Waals surface area contributed by atoms with E-state index < -0.39 is 11.8 Å². The fraction of sp³-hybridized carbons (Fsp3) is 0.423. The molecule has 0 spiro atoms. The second kappa shape index (κ2) is 11.9. The molecule has 0 aliphatic heterocycles. The molecular formula is C26H33FN2O4. The molecule has 1 aromatic heterocycles. The SMILES string of the molecule is CC(F)(COCCCCCCNC[C@H](O)c1ccc(O)c2[nH]c(=O)ccc12)c1ccccc1. The van der Waals surface area contributed by atoms with Crippen LogP contribution in [0, 0.1) is 0 Å². The summed E-state index contributed by atoms with van der Waals surface area (Å²) in [5.74, 6) is -0.0215. The number of unbranched alkanes of at least 4 members (excludes halogenated alkanes) is 3. The van der Waals surface area contributed by atoms with Gasteiger partial charge in [0.1, 0.15) is 5.75 Å². The van der Waals surface area contributed by atoms with Crippen molar-refractivity contribution in [2.24, 2.45) is 0 Å². The predicted octanol–water partition coefficient (Wildman–Crippen LogP) is 4.32. The number of fused-ring (bicyclic) bond motifs is 1. The Hall–Kier alpha value is -2.74. The maximum absolute atomic E-state index is 14.7. The van der Waals surface area contributed by atoms with Crippen LogP contribution in [0.3, 0.4) is 0 Å². The minimum Gasteiger partial charge on any atom is -0.506 e. The lowest BCUT2D eigenvalue weighted by Gasteiger charge is -2.20. The predicted molar refractivity (Wildman–Crippen MR) is 128 cm³/mol. The number of hydrogen-bond acceptors (Lipinski definition) is 5. The molecule has 1 unspecified atom stereocenters. The molecule has 3 aromatic rings. The van der Waals surface area contributed by atoms with Gasteiger partial charge in [-0.1, -0.05) is 49.2 Å². The molecule has 178 valence electrons. The van der Waals surface area contributed by atoms with Crippen LogP contribution in [0.2, 0.25) is 0 Å². The molecule has 0 aliphatic rings. The zero-order valence-corrected chi connectivity index (χ0v) is 19.0. The van der Waals surface area contributed by atoms with Crippen molar-refractivity contribution in [3.8, 4) is 5.75 Å². The number of phenolic OH excluding ortho intramolecular Hbond substituents is 1. The monoisotopic (exact) mass is 456 g/mol. The number of H-pyrrole nitrogens is 1. The number of halogens is 1. The van der Waals surface area contributed by atoms with Crippen LogP contribution in [0.1, 0.15) is 49.8 Å². The van der Waals surface area contributed by atoms with E-state index in [1.807, 2.05) is 18.2 Å². The second-order valence-electron chi connectivity index (χ2n) is 8.54. The first kappa shape index (κ1) is 24.9. The van der Waals surface area contributed by atoms with Crippen LogP contribution >= 0.6 is 0 Å². The van der Waals surface area contributed by atoms with E-state index >= 15 is 0 Å². The van der Waals surface area contributed by atoms with E-state index in [1.54, 1.807) is 31.2 Å². The van der Waals surface area contributed by atoms with Gasteiger partial charge in [0.2, 0.25) is 5.56 Å². The number of alkyl halides is 1. The molecule has 2 atom stereocenters. The van der Waals surface area contributed by atoms with Crippen LogP contribution in [0.5, 0.6) is 5.75 Å². The molecule has 33 heavy (non-hydrogen) atoms. The highest BCUT2D eigenvalue weighted by Crippen LogP contribution is 2.28. The summed E-state index contributed by atoms with van der Waals surface area (Å²) in [6, 6.07) is 15.2. The van der Waals surface area contributed by atoms with Crippen molar-refractivity contribution < 1.29 is 19.3 Å². The fourth-order valence-electron chi connectivity index (χ4n) is 3.84. The highest BCUT2D eigenvalue weighted by atomic mass is 19.1. The molecule has 0 saturated heterocycles. The lowest BCUT2D eigenvalue weighted by molar-refractivity contribution is 0.0219. The van der Waals surface area contributed by atoms with E-state index in [2.05, 4.69) is 10.3 Å². The molecule has 3 rings (SSSR count). The Morgan fingerprint density at radius 2 is 1.82 bits per heavy atom. The highest BCUT2D eigenvalue weighted by molar-refractivity contribution is 5.87. The Kier molecular flexibility index (Phi) is 9.00. The van der Waals surface area contributed by atoms with Gasteiger partial charge in [0.05, 0.1) is 18.2 Å². The van der Waals surface area contributed by atoms with Gasteiger partial charge < -0.3 is 25.3 Å². The molecule has 0 amide bonds. The molecule has 0 aliphatic carbocycles. The zero-order valence-electron chi connectivity index (χ0n) is 19.0. The van der Waals surface area contributed by atoms with Gasteiger partial charge in [-0.05, 0) is 49.6 Å². The van der Waals surface area contributed by atoms with Crippen molar-refractivity contribution in [2.45, 2.75) is 44.4 Å². The number of aliphatic hydroxyl groups excluding tert-OH is 1. The number of aromatic nitrogens is 1. The number of phenols is 1. The number of aliphatic hydroxyl groups is 1. The first-order chi connectivity index (χ1) is 15.9. The lowest BCUT2D eigenvalue weighted by atomic mass is 9.99. The number of rotatable bonds is 13. The zero-order chi connectivity index (χ0) is 23.7. The molecular weight excluding hydrogens is 423 g/mol. The van der Waals surface area contributed by atoms with Gasteiger partial charge in [0.25, 0.3) is 0 Å². The van der Waals surface area contributed by atoms with Crippen molar-refractivity contribution in [1.82, 2.24) is 10.3 Å². The van der Waals surface area contributed by atoms with Crippen molar-refractivity contribution in [2.75, 3.05) is 26.3 Å². The summed E-state index contributed by atoms with van der Waals surface area (Å²) in [5, 5.41) is 24.4. The van der Waals surface area contributed by atoms with Gasteiger partial charge >= 0.3 is 0 Å². The third-order valence-electron chi connectivity index (χ3n) is 5.74. The minimum absolute atomic E-state index is 0.0215. The quantitative estimate of drug-likeness (QED) is 0.288. The molecule has 0 bridgehead atoms. The number of hydrogen-bond donors (Lipinski definition) is 4. The first-order valence-electron chi connectivity index (χ1n) is 11.4. The van der Waals surface area contributed by atoms with Crippen LogP contribution < -0.4 is 10.9 Å². The minimum atomic E-state index is -1.48. The van der Waals surface area contributed by atoms with Crippen LogP contribution in [0.4, 0.5) is 4.39 Å². The number of aromatic amines is 1. The number of nitrogens with one attached hydrogen (secondary N) is 2. The summed E-state index contributed by atoms with van der Waals surface area (Å²) in [5.41, 5.74) is -0.170. The number of aromatic hydroxyl groups is 1. The van der Waals surface area contributed by atoms with Gasteiger partial charge in [0.15, 0.2) is 5.67 Å². The summed E-state index contributed by atoms with van der Waals surface area (Å²) in [6.45, 7) is 3.27. The van der Waals surface area contributed by atoms with Crippen LogP contribution in [-0.4, -0.2) is 41.5 Å². The summed E-state index contributed by atoms with van der Waals surface area (Å²) < 4.78 is 20.2. The largest absolute Gasteiger partial charge is 0.506 e. The second-order valence-corrected chi connectivity index (χ2v) is 8.54. The van der Waals surface area contributed by atoms with E-state index in [4.69, 9.17) is 4.74 Å². The Morgan fingerprint density at radius 1 is 1.06 bits per heavy atom. The first-order valence-corrected chi connectivity index (χ1v) is 11.4. The van der Waals surface area contributed by atoms with Crippen molar-refractivity contribution in [3.63, 3.8) is 0 Å². The van der Waals surface area contributed by atoms with E-state index in [9.17, 15) is 19.4 Å². The third-order valence-corrected chi connectivity index (χ3v) is 5.74. The Balaban J connectivity index is 1.29. The van der Waals surface area contributed by atoms with E-state index in [-0.39, 0.29) is 17.9 Å². The summed E-state index contributed by atoms with van der Waals surface area (Å²) >= 11 is 0. The summed E-state index contributed by atoms with van der Waals surface area (Å²) in [4.78, 5) is 14.1. The Bertz CT molecular complexity index is 1070. The van der Waals surface area contributed by atoms with Gasteiger partial charge in [-0.15, -0.1) is 0 Å². The maximum atomic E-state index is 14.7. The maximum Gasteiger partial charge on any atom is 0.248 e. The average molecular weight is 457 g/mol. The third kappa shape index (κ3) is 7.12. The fourth-order valence-corrected chi connectivity index (χ4v) is 3.84. The van der Waals surface area contributed by atoms with E-state index in [0.717, 1.165) is 32.2 Å². The molecule has 1 heterocycles. The number of pyridine rings is 1. The number of ether oxygens (including phenoxy) is 1.